The largest absolute Gasteiger partial charge is 0.387 e. The van der Waals surface area contributed by atoms with Crippen LogP contribution in [0.25, 0.3) is 0 Å². The van der Waals surface area contributed by atoms with Gasteiger partial charge in [-0.3, -0.25) is 4.90 Å². The Hall–Kier alpha value is -0.570. The Labute approximate surface area is 114 Å². The fourth-order valence-corrected chi connectivity index (χ4v) is 3.64. The predicted molar refractivity (Wildman–Crippen MR) is 73.7 cm³/mol. The standard InChI is InChI=1S/C15H20ClNO/c16-14-6-4-11(5-7-14)15(18)10-17-8-12-2-1-3-13(12)9-17/h4-7,12-13,15,18H,1-3,8-10H2. The van der Waals surface area contributed by atoms with Gasteiger partial charge in [-0.1, -0.05) is 30.2 Å². The van der Waals surface area contributed by atoms with E-state index in [2.05, 4.69) is 4.90 Å². The lowest BCUT2D eigenvalue weighted by Crippen LogP contribution is -2.27. The number of nitrogens with zero attached hydrogens (tertiary/aromatic N) is 1. The molecule has 1 aliphatic heterocycles. The minimum absolute atomic E-state index is 0.388. The van der Waals surface area contributed by atoms with Gasteiger partial charge in [-0.2, -0.15) is 0 Å². The quantitative estimate of drug-likeness (QED) is 0.908. The number of aliphatic hydroxyl groups excluding tert-OH is 1. The van der Waals surface area contributed by atoms with E-state index in [9.17, 15) is 5.11 Å². The maximum atomic E-state index is 10.3. The van der Waals surface area contributed by atoms with Crippen molar-refractivity contribution >= 4 is 11.6 Å². The van der Waals surface area contributed by atoms with Crippen LogP contribution >= 0.6 is 11.6 Å². The van der Waals surface area contributed by atoms with Crippen LogP contribution in [0.5, 0.6) is 0 Å². The highest BCUT2D eigenvalue weighted by molar-refractivity contribution is 6.30. The summed E-state index contributed by atoms with van der Waals surface area (Å²) in [7, 11) is 0. The second kappa shape index (κ2) is 5.20. The van der Waals surface area contributed by atoms with Gasteiger partial charge in [-0.25, -0.2) is 0 Å². The van der Waals surface area contributed by atoms with Gasteiger partial charge in [0.1, 0.15) is 0 Å². The van der Waals surface area contributed by atoms with Crippen molar-refractivity contribution in [2.45, 2.75) is 25.4 Å². The van der Waals surface area contributed by atoms with Crippen molar-refractivity contribution in [3.63, 3.8) is 0 Å². The lowest BCUT2D eigenvalue weighted by Gasteiger charge is -2.21. The fraction of sp³-hybridized carbons (Fsp3) is 0.600. The van der Waals surface area contributed by atoms with Crippen LogP contribution in [0.2, 0.25) is 5.02 Å². The molecular weight excluding hydrogens is 246 g/mol. The van der Waals surface area contributed by atoms with Gasteiger partial charge in [0.25, 0.3) is 0 Å². The average molecular weight is 266 g/mol. The summed E-state index contributed by atoms with van der Waals surface area (Å²) in [5.41, 5.74) is 0.969. The Bertz CT molecular complexity index is 393. The topological polar surface area (TPSA) is 23.5 Å². The van der Waals surface area contributed by atoms with Crippen LogP contribution in [0.15, 0.2) is 24.3 Å². The molecule has 98 valence electrons. The second-order valence-corrected chi connectivity index (χ2v) is 6.17. The molecule has 2 aliphatic rings. The number of fused-ring (bicyclic) bond motifs is 1. The first kappa shape index (κ1) is 12.5. The third-order valence-electron chi connectivity index (χ3n) is 4.49. The minimum Gasteiger partial charge on any atom is -0.387 e. The Morgan fingerprint density at radius 2 is 1.78 bits per heavy atom. The molecular formula is C15H20ClNO. The molecule has 1 aliphatic carbocycles. The molecule has 2 nitrogen and oxygen atoms in total. The number of hydrogen-bond donors (Lipinski definition) is 1. The second-order valence-electron chi connectivity index (χ2n) is 5.74. The van der Waals surface area contributed by atoms with Gasteiger partial charge < -0.3 is 5.11 Å². The first-order chi connectivity index (χ1) is 8.72. The van der Waals surface area contributed by atoms with Crippen molar-refractivity contribution < 1.29 is 5.11 Å². The summed E-state index contributed by atoms with van der Waals surface area (Å²) in [6, 6.07) is 7.53. The summed E-state index contributed by atoms with van der Waals surface area (Å²) < 4.78 is 0. The summed E-state index contributed by atoms with van der Waals surface area (Å²) in [4.78, 5) is 2.42. The molecule has 0 radical (unpaired) electrons. The van der Waals surface area contributed by atoms with Crippen molar-refractivity contribution in [1.82, 2.24) is 4.90 Å². The van der Waals surface area contributed by atoms with Crippen molar-refractivity contribution in [2.75, 3.05) is 19.6 Å². The monoisotopic (exact) mass is 265 g/mol. The third-order valence-corrected chi connectivity index (χ3v) is 4.74. The summed E-state index contributed by atoms with van der Waals surface area (Å²) >= 11 is 5.86. The smallest absolute Gasteiger partial charge is 0.0916 e. The average Bonchev–Trinajstić information content (AvgIpc) is 2.90. The van der Waals surface area contributed by atoms with Crippen LogP contribution in [0.4, 0.5) is 0 Å². The number of likely N-dealkylation sites (tertiary alicyclic amines) is 1. The van der Waals surface area contributed by atoms with E-state index >= 15 is 0 Å². The third kappa shape index (κ3) is 2.56. The molecule has 3 rings (SSSR count). The molecule has 1 saturated heterocycles. The maximum absolute atomic E-state index is 10.3. The molecule has 18 heavy (non-hydrogen) atoms. The molecule has 1 aromatic rings. The zero-order chi connectivity index (χ0) is 12.5. The van der Waals surface area contributed by atoms with Crippen molar-refractivity contribution in [3.05, 3.63) is 34.9 Å². The Balaban J connectivity index is 1.58. The highest BCUT2D eigenvalue weighted by atomic mass is 35.5. The van der Waals surface area contributed by atoms with E-state index in [1.54, 1.807) is 0 Å². The summed E-state index contributed by atoms with van der Waals surface area (Å²) in [5, 5.41) is 11.0. The minimum atomic E-state index is -0.388. The van der Waals surface area contributed by atoms with Crippen molar-refractivity contribution in [1.29, 1.82) is 0 Å². The summed E-state index contributed by atoms with van der Waals surface area (Å²) in [6.45, 7) is 3.11. The van der Waals surface area contributed by atoms with Crippen LogP contribution in [0.1, 0.15) is 30.9 Å². The first-order valence-corrected chi connectivity index (χ1v) is 7.26. The normalized spacial score (nSPS) is 29.4. The van der Waals surface area contributed by atoms with Gasteiger partial charge in [-0.05, 0) is 42.4 Å². The summed E-state index contributed by atoms with van der Waals surface area (Å²) in [5.74, 6) is 1.78. The molecule has 3 atom stereocenters. The maximum Gasteiger partial charge on any atom is 0.0916 e. The van der Waals surface area contributed by atoms with E-state index in [4.69, 9.17) is 11.6 Å². The number of hydrogen-bond acceptors (Lipinski definition) is 2. The van der Waals surface area contributed by atoms with Gasteiger partial charge in [0, 0.05) is 24.7 Å². The van der Waals surface area contributed by atoms with Crippen molar-refractivity contribution in [3.8, 4) is 0 Å². The molecule has 0 spiro atoms. The van der Waals surface area contributed by atoms with E-state index in [1.165, 1.54) is 32.4 Å². The number of aliphatic hydroxyl groups is 1. The molecule has 1 N–H and O–H groups in total. The number of rotatable bonds is 3. The van der Waals surface area contributed by atoms with E-state index < -0.39 is 0 Å². The van der Waals surface area contributed by atoms with Crippen LogP contribution in [0.3, 0.4) is 0 Å². The molecule has 0 aromatic heterocycles. The van der Waals surface area contributed by atoms with Crippen LogP contribution in [-0.4, -0.2) is 29.6 Å². The lowest BCUT2D eigenvalue weighted by atomic mass is 10.0. The Morgan fingerprint density at radius 3 is 2.39 bits per heavy atom. The van der Waals surface area contributed by atoms with Crippen LogP contribution in [-0.2, 0) is 0 Å². The molecule has 1 heterocycles. The Kier molecular flexibility index (Phi) is 3.60. The van der Waals surface area contributed by atoms with E-state index in [1.807, 2.05) is 24.3 Å². The Morgan fingerprint density at radius 1 is 1.17 bits per heavy atom. The van der Waals surface area contributed by atoms with Crippen LogP contribution < -0.4 is 0 Å². The van der Waals surface area contributed by atoms with Gasteiger partial charge in [0.2, 0.25) is 0 Å². The SMILES string of the molecule is OC(CN1CC2CCCC2C1)c1ccc(Cl)cc1. The van der Waals surface area contributed by atoms with Crippen LogP contribution in [0, 0.1) is 11.8 Å². The fourth-order valence-electron chi connectivity index (χ4n) is 3.52. The first-order valence-electron chi connectivity index (χ1n) is 6.88. The van der Waals surface area contributed by atoms with Gasteiger partial charge >= 0.3 is 0 Å². The molecule has 1 saturated carbocycles. The van der Waals surface area contributed by atoms with Crippen molar-refractivity contribution in [2.24, 2.45) is 11.8 Å². The molecule has 1 aromatic carbocycles. The van der Waals surface area contributed by atoms with E-state index in [0.29, 0.717) is 0 Å². The predicted octanol–water partition coefficient (Wildman–Crippen LogP) is 3.11. The number of β-amino-alcohol motifs (C(OH)–C–C–N with tert-alkyl or cyclic N) is 1. The highest BCUT2D eigenvalue weighted by Crippen LogP contribution is 2.38. The lowest BCUT2D eigenvalue weighted by molar-refractivity contribution is 0.122. The zero-order valence-corrected chi connectivity index (χ0v) is 11.3. The van der Waals surface area contributed by atoms with E-state index in [0.717, 1.165) is 29.0 Å². The van der Waals surface area contributed by atoms with Gasteiger partial charge in [0.05, 0.1) is 6.10 Å². The van der Waals surface area contributed by atoms with Gasteiger partial charge in [0.15, 0.2) is 0 Å². The zero-order valence-electron chi connectivity index (χ0n) is 10.6. The molecule has 2 fully saturated rings. The molecule has 3 unspecified atom stereocenters. The number of halogens is 1. The van der Waals surface area contributed by atoms with Gasteiger partial charge in [-0.15, -0.1) is 0 Å². The molecule has 0 amide bonds. The highest BCUT2D eigenvalue weighted by Gasteiger charge is 2.36. The number of benzene rings is 1. The van der Waals surface area contributed by atoms with E-state index in [-0.39, 0.29) is 6.10 Å². The molecule has 3 heteroatoms. The molecule has 0 bridgehead atoms. The summed E-state index contributed by atoms with van der Waals surface area (Å²) in [6.07, 6.45) is 3.79.